The maximum atomic E-state index is 13.2. The van der Waals surface area contributed by atoms with E-state index >= 15 is 0 Å². The Balaban J connectivity index is 1.23. The standard InChI is InChI=1S/C27H27FN2O9/c1-2-29(12-14-36-13-11-25(33)39-30-23(31)9-10-24(30)32)27(35)38-19-7-8-20-22(15-19)37-16-21(26(20)34)17-3-5-18(28)6-4-17/h3-8,15,21H,2,9-14,16H2,1H3. The molecule has 0 aromatic heterocycles. The van der Waals surface area contributed by atoms with Gasteiger partial charge in [0, 0.05) is 32.0 Å². The summed E-state index contributed by atoms with van der Waals surface area (Å²) in [6, 6.07) is 10.2. The van der Waals surface area contributed by atoms with Gasteiger partial charge >= 0.3 is 12.1 Å². The zero-order chi connectivity index (χ0) is 27.9. The van der Waals surface area contributed by atoms with Gasteiger partial charge in [-0.25, -0.2) is 14.0 Å². The third-order valence-corrected chi connectivity index (χ3v) is 6.21. The number of fused-ring (bicyclic) bond motifs is 1. The monoisotopic (exact) mass is 542 g/mol. The molecule has 0 N–H and O–H groups in total. The largest absolute Gasteiger partial charge is 0.492 e. The van der Waals surface area contributed by atoms with Crippen molar-refractivity contribution in [2.45, 2.75) is 32.1 Å². The van der Waals surface area contributed by atoms with Gasteiger partial charge in [0.2, 0.25) is 0 Å². The quantitative estimate of drug-likeness (QED) is 0.329. The van der Waals surface area contributed by atoms with E-state index in [0.29, 0.717) is 28.5 Å². The lowest BCUT2D eigenvalue weighted by molar-refractivity contribution is -0.198. The van der Waals surface area contributed by atoms with E-state index in [1.165, 1.54) is 35.2 Å². The lowest BCUT2D eigenvalue weighted by Gasteiger charge is -2.25. The summed E-state index contributed by atoms with van der Waals surface area (Å²) in [5, 5.41) is 0.475. The number of carbonyl (C=O) groups excluding carboxylic acids is 5. The molecule has 11 nitrogen and oxygen atoms in total. The first kappa shape index (κ1) is 27.7. The van der Waals surface area contributed by atoms with Crippen molar-refractivity contribution in [2.24, 2.45) is 0 Å². The Bertz CT molecular complexity index is 1250. The van der Waals surface area contributed by atoms with Crippen LogP contribution in [0.4, 0.5) is 9.18 Å². The van der Waals surface area contributed by atoms with Crippen molar-refractivity contribution in [3.8, 4) is 11.5 Å². The van der Waals surface area contributed by atoms with Crippen LogP contribution in [0.3, 0.4) is 0 Å². The van der Waals surface area contributed by atoms with Crippen molar-refractivity contribution in [3.05, 3.63) is 59.4 Å². The van der Waals surface area contributed by atoms with E-state index in [4.69, 9.17) is 19.0 Å². The summed E-state index contributed by atoms with van der Waals surface area (Å²) in [7, 11) is 0. The van der Waals surface area contributed by atoms with Gasteiger partial charge in [0.05, 0.1) is 31.1 Å². The van der Waals surface area contributed by atoms with Gasteiger partial charge < -0.3 is 23.9 Å². The fraction of sp³-hybridized carbons (Fsp3) is 0.370. The number of amides is 3. The second-order valence-electron chi connectivity index (χ2n) is 8.79. The number of Topliss-reactive ketones (excluding diaryl/α,β-unsaturated/α-hetero) is 1. The van der Waals surface area contributed by atoms with Crippen LogP contribution in [0.1, 0.15) is 48.0 Å². The van der Waals surface area contributed by atoms with E-state index < -0.39 is 35.6 Å². The first-order valence-corrected chi connectivity index (χ1v) is 12.4. The Hall–Kier alpha value is -4.32. The third kappa shape index (κ3) is 6.77. The molecule has 3 amide bonds. The minimum atomic E-state index is -0.776. The number of hydrogen-bond donors (Lipinski definition) is 0. The summed E-state index contributed by atoms with van der Waals surface area (Å²) >= 11 is 0. The Morgan fingerprint density at radius 3 is 2.46 bits per heavy atom. The number of rotatable bonds is 10. The van der Waals surface area contributed by atoms with Crippen LogP contribution in [-0.2, 0) is 24.0 Å². The minimum absolute atomic E-state index is 0.0140. The molecule has 2 aromatic rings. The lowest BCUT2D eigenvalue weighted by Crippen LogP contribution is -2.36. The Kier molecular flexibility index (Phi) is 8.87. The zero-order valence-electron chi connectivity index (χ0n) is 21.2. The van der Waals surface area contributed by atoms with Gasteiger partial charge in [-0.05, 0) is 36.8 Å². The van der Waals surface area contributed by atoms with Crippen LogP contribution >= 0.6 is 0 Å². The van der Waals surface area contributed by atoms with E-state index in [0.717, 1.165) is 0 Å². The van der Waals surface area contributed by atoms with E-state index in [1.807, 2.05) is 0 Å². The predicted octanol–water partition coefficient (Wildman–Crippen LogP) is 3.02. The van der Waals surface area contributed by atoms with Crippen molar-refractivity contribution in [1.82, 2.24) is 9.96 Å². The van der Waals surface area contributed by atoms with E-state index in [1.54, 1.807) is 19.1 Å². The summed E-state index contributed by atoms with van der Waals surface area (Å²) < 4.78 is 29.8. The minimum Gasteiger partial charge on any atom is -0.492 e. The molecule has 2 aliphatic heterocycles. The van der Waals surface area contributed by atoms with Gasteiger partial charge in [0.1, 0.15) is 23.9 Å². The predicted molar refractivity (Wildman–Crippen MR) is 131 cm³/mol. The molecule has 2 heterocycles. The van der Waals surface area contributed by atoms with E-state index in [2.05, 4.69) is 0 Å². The number of ketones is 1. The molecule has 2 aliphatic rings. The number of ether oxygens (including phenoxy) is 3. The summed E-state index contributed by atoms with van der Waals surface area (Å²) in [4.78, 5) is 66.5. The molecule has 1 fully saturated rings. The highest BCUT2D eigenvalue weighted by atomic mass is 19.1. The maximum Gasteiger partial charge on any atom is 0.415 e. The first-order chi connectivity index (χ1) is 18.8. The number of halogens is 1. The zero-order valence-corrected chi connectivity index (χ0v) is 21.2. The molecule has 1 unspecified atom stereocenters. The Morgan fingerprint density at radius 2 is 1.77 bits per heavy atom. The first-order valence-electron chi connectivity index (χ1n) is 12.4. The van der Waals surface area contributed by atoms with Gasteiger partial charge in [0.25, 0.3) is 11.8 Å². The molecule has 0 spiro atoms. The van der Waals surface area contributed by atoms with Crippen molar-refractivity contribution in [1.29, 1.82) is 0 Å². The average molecular weight is 543 g/mol. The summed E-state index contributed by atoms with van der Waals surface area (Å²) in [6.07, 6.45) is -0.790. The molecule has 2 aromatic carbocycles. The molecule has 0 radical (unpaired) electrons. The van der Waals surface area contributed by atoms with Crippen LogP contribution in [0.2, 0.25) is 0 Å². The molecule has 1 saturated heterocycles. The third-order valence-electron chi connectivity index (χ3n) is 6.21. The number of likely N-dealkylation sites (N-methyl/N-ethyl adjacent to an activating group) is 1. The number of imide groups is 1. The van der Waals surface area contributed by atoms with Crippen molar-refractivity contribution < 1.29 is 47.4 Å². The molecular formula is C27H27FN2O9. The second kappa shape index (κ2) is 12.5. The molecule has 0 aliphatic carbocycles. The molecule has 12 heteroatoms. The molecule has 39 heavy (non-hydrogen) atoms. The van der Waals surface area contributed by atoms with Crippen molar-refractivity contribution >= 4 is 29.7 Å². The number of nitrogens with zero attached hydrogens (tertiary/aromatic N) is 2. The Labute approximate surface area is 223 Å². The van der Waals surface area contributed by atoms with Crippen molar-refractivity contribution in [3.63, 3.8) is 0 Å². The number of hydroxylamine groups is 2. The van der Waals surface area contributed by atoms with Crippen molar-refractivity contribution in [2.75, 3.05) is 32.9 Å². The average Bonchev–Trinajstić information content (AvgIpc) is 3.23. The van der Waals surface area contributed by atoms with Crippen LogP contribution < -0.4 is 9.47 Å². The fourth-order valence-electron chi connectivity index (χ4n) is 4.05. The van der Waals surface area contributed by atoms with Gasteiger partial charge in [0.15, 0.2) is 5.78 Å². The number of benzene rings is 2. The van der Waals surface area contributed by atoms with Crippen LogP contribution in [0.25, 0.3) is 0 Å². The fourth-order valence-corrected chi connectivity index (χ4v) is 4.05. The maximum absolute atomic E-state index is 13.2. The topological polar surface area (TPSA) is 129 Å². The molecule has 206 valence electrons. The SMILES string of the molecule is CCN(CCOCCC(=O)ON1C(=O)CCC1=O)C(=O)Oc1ccc2c(c1)OCC(c1ccc(F)cc1)C2=O. The summed E-state index contributed by atoms with van der Waals surface area (Å²) in [6.45, 7) is 2.40. The van der Waals surface area contributed by atoms with Gasteiger partial charge in [-0.2, -0.15) is 0 Å². The molecule has 1 atom stereocenters. The lowest BCUT2D eigenvalue weighted by atomic mass is 9.89. The van der Waals surface area contributed by atoms with E-state index in [9.17, 15) is 28.4 Å². The highest BCUT2D eigenvalue weighted by Gasteiger charge is 2.33. The molecule has 4 rings (SSSR count). The van der Waals surface area contributed by atoms with E-state index in [-0.39, 0.29) is 57.2 Å². The van der Waals surface area contributed by atoms with Crippen LogP contribution in [0.15, 0.2) is 42.5 Å². The normalized spacial score (nSPS) is 16.5. The number of hydrogen-bond acceptors (Lipinski definition) is 9. The summed E-state index contributed by atoms with van der Waals surface area (Å²) in [5.41, 5.74) is 0.991. The van der Waals surface area contributed by atoms with Gasteiger partial charge in [-0.15, -0.1) is 5.06 Å². The van der Waals surface area contributed by atoms with Gasteiger partial charge in [-0.1, -0.05) is 12.1 Å². The van der Waals surface area contributed by atoms with Crippen LogP contribution in [-0.4, -0.2) is 72.5 Å². The highest BCUT2D eigenvalue weighted by molar-refractivity contribution is 6.04. The second-order valence-corrected chi connectivity index (χ2v) is 8.79. The summed E-state index contributed by atoms with van der Waals surface area (Å²) in [5.74, 6) is -2.53. The number of carbonyl (C=O) groups is 5. The highest BCUT2D eigenvalue weighted by Crippen LogP contribution is 2.35. The Morgan fingerprint density at radius 1 is 1.05 bits per heavy atom. The van der Waals surface area contributed by atoms with Gasteiger partial charge in [-0.3, -0.25) is 14.4 Å². The van der Waals surface area contributed by atoms with Crippen LogP contribution in [0.5, 0.6) is 11.5 Å². The van der Waals surface area contributed by atoms with Crippen LogP contribution in [0, 0.1) is 5.82 Å². The molecule has 0 saturated carbocycles. The smallest absolute Gasteiger partial charge is 0.415 e. The molecule has 0 bridgehead atoms. The molecular weight excluding hydrogens is 515 g/mol.